The van der Waals surface area contributed by atoms with Crippen molar-refractivity contribution in [3.63, 3.8) is 0 Å². The molecule has 2 atom stereocenters. The molecule has 2 unspecified atom stereocenters. The number of hydrogen-bond acceptors (Lipinski definition) is 6. The van der Waals surface area contributed by atoms with E-state index in [1.54, 1.807) is 11.3 Å². The molecule has 0 amide bonds. The van der Waals surface area contributed by atoms with E-state index in [1.807, 2.05) is 49.1 Å². The van der Waals surface area contributed by atoms with Crippen LogP contribution in [0.25, 0.3) is 21.3 Å². The third-order valence-electron chi connectivity index (χ3n) is 6.65. The second-order valence-electron chi connectivity index (χ2n) is 8.76. The van der Waals surface area contributed by atoms with Gasteiger partial charge >= 0.3 is 0 Å². The fraction of sp³-hybridized carbons (Fsp3) is 0.360. The zero-order valence-electron chi connectivity index (χ0n) is 18.6. The second-order valence-corrected chi connectivity index (χ2v) is 10.3. The number of aliphatic hydroxyl groups is 1. The van der Waals surface area contributed by atoms with Crippen molar-refractivity contribution in [1.82, 2.24) is 20.1 Å². The van der Waals surface area contributed by atoms with Crippen LogP contribution < -0.4 is 10.1 Å². The largest absolute Gasteiger partial charge is 0.483 e. The van der Waals surface area contributed by atoms with Crippen LogP contribution in [0.1, 0.15) is 52.9 Å². The van der Waals surface area contributed by atoms with Crippen LogP contribution in [0.2, 0.25) is 5.02 Å². The average Bonchev–Trinajstić information content (AvgIpc) is 3.51. The summed E-state index contributed by atoms with van der Waals surface area (Å²) in [5.74, 6) is 0.876. The molecule has 0 radical (unpaired) electrons. The van der Waals surface area contributed by atoms with Crippen LogP contribution in [-0.4, -0.2) is 26.4 Å². The molecular formula is C25H25ClN4O2S. The number of ether oxygens (including phenoxy) is 1. The number of halogens is 1. The number of rotatable bonds is 4. The van der Waals surface area contributed by atoms with E-state index in [4.69, 9.17) is 21.4 Å². The lowest BCUT2D eigenvalue weighted by molar-refractivity contribution is 0.177. The Morgan fingerprint density at radius 2 is 2.21 bits per heavy atom. The highest BCUT2D eigenvalue weighted by Gasteiger charge is 2.34. The maximum absolute atomic E-state index is 10.4. The minimum atomic E-state index is -0.479. The predicted molar refractivity (Wildman–Crippen MR) is 131 cm³/mol. The Bertz CT molecular complexity index is 1380. The van der Waals surface area contributed by atoms with Gasteiger partial charge in [-0.3, -0.25) is 9.67 Å². The van der Waals surface area contributed by atoms with E-state index >= 15 is 0 Å². The summed E-state index contributed by atoms with van der Waals surface area (Å²) in [7, 11) is 2.01. The van der Waals surface area contributed by atoms with Crippen molar-refractivity contribution in [3.8, 4) is 16.9 Å². The third kappa shape index (κ3) is 3.46. The van der Waals surface area contributed by atoms with E-state index in [0.29, 0.717) is 11.4 Å². The fourth-order valence-electron chi connectivity index (χ4n) is 5.07. The maximum Gasteiger partial charge on any atom is 0.145 e. The fourth-order valence-corrected chi connectivity index (χ4v) is 6.52. The Labute approximate surface area is 201 Å². The number of benzene rings is 1. The first kappa shape index (κ1) is 21.1. The van der Waals surface area contributed by atoms with E-state index in [0.717, 1.165) is 69.2 Å². The number of hydrogen-bond donors (Lipinski definition) is 2. The molecule has 2 aliphatic heterocycles. The van der Waals surface area contributed by atoms with Crippen LogP contribution in [0, 0.1) is 0 Å². The summed E-state index contributed by atoms with van der Waals surface area (Å²) in [6.45, 7) is 3.77. The van der Waals surface area contributed by atoms with Gasteiger partial charge in [0, 0.05) is 71.3 Å². The third-order valence-corrected chi connectivity index (χ3v) is 8.13. The maximum atomic E-state index is 10.4. The smallest absolute Gasteiger partial charge is 0.145 e. The average molecular weight is 481 g/mol. The molecule has 3 aromatic heterocycles. The van der Waals surface area contributed by atoms with Crippen molar-refractivity contribution in [2.45, 2.75) is 44.9 Å². The second kappa shape index (κ2) is 8.09. The first-order valence-electron chi connectivity index (χ1n) is 11.3. The van der Waals surface area contributed by atoms with Gasteiger partial charge in [0.15, 0.2) is 0 Å². The van der Waals surface area contributed by atoms with Gasteiger partial charge < -0.3 is 15.2 Å². The van der Waals surface area contributed by atoms with Crippen molar-refractivity contribution in [2.75, 3.05) is 6.54 Å². The summed E-state index contributed by atoms with van der Waals surface area (Å²) in [4.78, 5) is 5.47. The number of aromatic nitrogens is 3. The molecule has 0 aliphatic carbocycles. The predicted octanol–water partition coefficient (Wildman–Crippen LogP) is 5.12. The number of nitrogens with zero attached hydrogens (tertiary/aromatic N) is 3. The standard InChI is InChI=1S/C25H25ClN4O2S/c1-3-20(31)22-11-19-25(33-22)15(4-7-28-19)16-10-14(26)8-13-9-21(32-24(13)16)23-17-12-27-6-5-18(17)29-30(23)2/h4,7-8,10-11,20-21,27,31H,3,5-6,9,12H2,1-2H3. The minimum Gasteiger partial charge on any atom is -0.483 e. The molecule has 0 spiro atoms. The Hall–Kier alpha value is -2.45. The van der Waals surface area contributed by atoms with Crippen molar-refractivity contribution in [2.24, 2.45) is 7.05 Å². The number of thiophene rings is 1. The van der Waals surface area contributed by atoms with Gasteiger partial charge in [-0.05, 0) is 30.7 Å². The summed E-state index contributed by atoms with van der Waals surface area (Å²) in [6, 6.07) is 7.99. The van der Waals surface area contributed by atoms with Gasteiger partial charge in [-0.25, -0.2) is 0 Å². The molecule has 4 aromatic rings. The topological polar surface area (TPSA) is 72.2 Å². The van der Waals surface area contributed by atoms with E-state index < -0.39 is 6.10 Å². The molecule has 2 aliphatic rings. The summed E-state index contributed by atoms with van der Waals surface area (Å²) in [6.07, 6.45) is 3.61. The van der Waals surface area contributed by atoms with Gasteiger partial charge in [0.1, 0.15) is 11.9 Å². The molecule has 0 saturated carbocycles. The van der Waals surface area contributed by atoms with Crippen LogP contribution in [0.4, 0.5) is 0 Å². The molecule has 8 heteroatoms. The molecule has 6 nitrogen and oxygen atoms in total. The Balaban J connectivity index is 1.45. The van der Waals surface area contributed by atoms with Crippen molar-refractivity contribution in [3.05, 3.63) is 62.9 Å². The number of pyridine rings is 1. The number of fused-ring (bicyclic) bond motifs is 3. The number of aliphatic hydroxyl groups excluding tert-OH is 1. The lowest BCUT2D eigenvalue weighted by atomic mass is 9.98. The van der Waals surface area contributed by atoms with Crippen LogP contribution in [0.3, 0.4) is 0 Å². The van der Waals surface area contributed by atoms with E-state index in [9.17, 15) is 5.11 Å². The molecule has 33 heavy (non-hydrogen) atoms. The number of aryl methyl sites for hydroxylation is 1. The van der Waals surface area contributed by atoms with E-state index in [-0.39, 0.29) is 6.10 Å². The first-order valence-corrected chi connectivity index (χ1v) is 12.5. The van der Waals surface area contributed by atoms with Gasteiger partial charge in [-0.1, -0.05) is 18.5 Å². The molecule has 6 rings (SSSR count). The highest BCUT2D eigenvalue weighted by molar-refractivity contribution is 7.19. The van der Waals surface area contributed by atoms with Crippen LogP contribution in [0.15, 0.2) is 30.5 Å². The zero-order chi connectivity index (χ0) is 22.7. The molecule has 0 bridgehead atoms. The Kier molecular flexibility index (Phi) is 5.18. The lowest BCUT2D eigenvalue weighted by Crippen LogP contribution is -2.24. The molecule has 0 saturated heterocycles. The van der Waals surface area contributed by atoms with Crippen LogP contribution in [0.5, 0.6) is 5.75 Å². The van der Waals surface area contributed by atoms with E-state index in [2.05, 4.69) is 10.3 Å². The molecule has 5 heterocycles. The molecule has 1 aromatic carbocycles. The monoisotopic (exact) mass is 480 g/mol. The van der Waals surface area contributed by atoms with Gasteiger partial charge in [-0.15, -0.1) is 11.3 Å². The summed E-state index contributed by atoms with van der Waals surface area (Å²) in [5, 5.41) is 19.3. The summed E-state index contributed by atoms with van der Waals surface area (Å²) < 4.78 is 9.68. The van der Waals surface area contributed by atoms with E-state index in [1.165, 1.54) is 11.3 Å². The highest BCUT2D eigenvalue weighted by Crippen LogP contribution is 2.48. The molecule has 0 fully saturated rings. The van der Waals surface area contributed by atoms with Gasteiger partial charge in [0.2, 0.25) is 0 Å². The minimum absolute atomic E-state index is 0.100. The lowest BCUT2D eigenvalue weighted by Gasteiger charge is -2.17. The van der Waals surface area contributed by atoms with Gasteiger partial charge in [0.05, 0.1) is 27.7 Å². The molecule has 2 N–H and O–H groups in total. The Morgan fingerprint density at radius 3 is 3.06 bits per heavy atom. The SMILES string of the molecule is CCC(O)c1cc2nccc(-c3cc(Cl)cc4c3OC(c3c5c(nn3C)CCNC5)C4)c2s1. The molecule has 170 valence electrons. The van der Waals surface area contributed by atoms with Crippen molar-refractivity contribution >= 4 is 33.2 Å². The van der Waals surface area contributed by atoms with Crippen LogP contribution in [-0.2, 0) is 26.4 Å². The first-order chi connectivity index (χ1) is 16.0. The quantitative estimate of drug-likeness (QED) is 0.424. The van der Waals surface area contributed by atoms with Crippen LogP contribution >= 0.6 is 22.9 Å². The van der Waals surface area contributed by atoms with Gasteiger partial charge in [0.25, 0.3) is 0 Å². The molecular weight excluding hydrogens is 456 g/mol. The number of nitrogens with one attached hydrogen (secondary N) is 1. The summed E-state index contributed by atoms with van der Waals surface area (Å²) >= 11 is 8.18. The highest BCUT2D eigenvalue weighted by atomic mass is 35.5. The summed E-state index contributed by atoms with van der Waals surface area (Å²) in [5.41, 5.74) is 7.57. The zero-order valence-corrected chi connectivity index (χ0v) is 20.1. The van der Waals surface area contributed by atoms with Crippen molar-refractivity contribution in [1.29, 1.82) is 0 Å². The van der Waals surface area contributed by atoms with Crippen molar-refractivity contribution < 1.29 is 9.84 Å². The normalized spacial score (nSPS) is 18.2. The Morgan fingerprint density at radius 1 is 1.33 bits per heavy atom. The van der Waals surface area contributed by atoms with Gasteiger partial charge in [-0.2, -0.15) is 5.10 Å².